The van der Waals surface area contributed by atoms with Crippen molar-refractivity contribution in [2.45, 2.75) is 31.8 Å². The molecule has 78 valence electrons. The van der Waals surface area contributed by atoms with Crippen LogP contribution in [0.1, 0.15) is 43.5 Å². The van der Waals surface area contributed by atoms with Gasteiger partial charge in [0.1, 0.15) is 6.10 Å². The summed E-state index contributed by atoms with van der Waals surface area (Å²) in [6.45, 7) is 3.12. The molecule has 5 nitrogen and oxygen atoms in total. The molecule has 0 amide bonds. The van der Waals surface area contributed by atoms with Crippen molar-refractivity contribution >= 4 is 0 Å². The summed E-state index contributed by atoms with van der Waals surface area (Å²) in [5.41, 5.74) is 0. The van der Waals surface area contributed by atoms with Gasteiger partial charge in [0.05, 0.1) is 0 Å². The molecule has 0 radical (unpaired) electrons. The molecule has 1 fully saturated rings. The highest BCUT2D eigenvalue weighted by Crippen LogP contribution is 2.25. The van der Waals surface area contributed by atoms with Crippen LogP contribution in [0.3, 0.4) is 0 Å². The minimum Gasteiger partial charge on any atom is -0.385 e. The average Bonchev–Trinajstić information content (AvgIpc) is 2.68. The van der Waals surface area contributed by atoms with E-state index in [2.05, 4.69) is 10.1 Å². The summed E-state index contributed by atoms with van der Waals surface area (Å²) < 4.78 is 10.3. The van der Waals surface area contributed by atoms with E-state index in [1.54, 1.807) is 6.92 Å². The summed E-state index contributed by atoms with van der Waals surface area (Å²) >= 11 is 0. The van der Waals surface area contributed by atoms with E-state index in [0.29, 0.717) is 17.6 Å². The van der Waals surface area contributed by atoms with E-state index in [9.17, 15) is 5.11 Å². The molecule has 1 N–H and O–H groups in total. The molecular weight excluding hydrogens is 184 g/mol. The first-order valence-electron chi connectivity index (χ1n) is 4.86. The lowest BCUT2D eigenvalue weighted by Gasteiger charge is -2.17. The van der Waals surface area contributed by atoms with Gasteiger partial charge in [-0.05, 0) is 19.8 Å². The van der Waals surface area contributed by atoms with Gasteiger partial charge in [0.2, 0.25) is 5.89 Å². The van der Waals surface area contributed by atoms with E-state index in [1.807, 2.05) is 0 Å². The summed E-state index contributed by atoms with van der Waals surface area (Å²) in [7, 11) is 0. The Bertz CT molecular complexity index is 292. The number of aliphatic hydroxyl groups is 1. The molecular formula is C9H14N2O3. The molecule has 5 heteroatoms. The van der Waals surface area contributed by atoms with Crippen LogP contribution in [0.25, 0.3) is 0 Å². The fourth-order valence-corrected chi connectivity index (χ4v) is 1.53. The van der Waals surface area contributed by atoms with Gasteiger partial charge in [-0.1, -0.05) is 5.16 Å². The Hall–Kier alpha value is -0.940. The van der Waals surface area contributed by atoms with Gasteiger partial charge < -0.3 is 14.4 Å². The SMILES string of the molecule is CC(O)c1noc(C2CCOCC2)n1. The standard InChI is InChI=1S/C9H14N2O3/c1-6(12)8-10-9(14-11-8)7-2-4-13-5-3-7/h6-7,12H,2-5H2,1H3. The van der Waals surface area contributed by atoms with E-state index in [0.717, 1.165) is 26.1 Å². The summed E-state index contributed by atoms with van der Waals surface area (Å²) in [6, 6.07) is 0. The normalized spacial score (nSPS) is 21.0. The molecule has 0 aromatic carbocycles. The Balaban J connectivity index is 2.07. The fourth-order valence-electron chi connectivity index (χ4n) is 1.53. The van der Waals surface area contributed by atoms with E-state index in [4.69, 9.17) is 9.26 Å². The quantitative estimate of drug-likeness (QED) is 0.768. The lowest BCUT2D eigenvalue weighted by atomic mass is 10.0. The second-order valence-corrected chi connectivity index (χ2v) is 3.55. The third kappa shape index (κ3) is 1.93. The maximum atomic E-state index is 9.23. The topological polar surface area (TPSA) is 68.4 Å². The fraction of sp³-hybridized carbons (Fsp3) is 0.778. The van der Waals surface area contributed by atoms with Crippen LogP contribution in [0.15, 0.2) is 4.52 Å². The first-order chi connectivity index (χ1) is 6.77. The van der Waals surface area contributed by atoms with E-state index >= 15 is 0 Å². The number of nitrogens with zero attached hydrogens (tertiary/aromatic N) is 2. The van der Waals surface area contributed by atoms with Gasteiger partial charge in [-0.15, -0.1) is 0 Å². The maximum Gasteiger partial charge on any atom is 0.230 e. The van der Waals surface area contributed by atoms with Crippen molar-refractivity contribution in [2.24, 2.45) is 0 Å². The first-order valence-corrected chi connectivity index (χ1v) is 4.86. The summed E-state index contributed by atoms with van der Waals surface area (Å²) in [5, 5.41) is 12.9. The number of hydrogen-bond donors (Lipinski definition) is 1. The highest BCUT2D eigenvalue weighted by Gasteiger charge is 2.22. The Labute approximate surface area is 82.1 Å². The molecule has 1 atom stereocenters. The Kier molecular flexibility index (Phi) is 2.79. The van der Waals surface area contributed by atoms with Gasteiger partial charge in [0, 0.05) is 19.1 Å². The van der Waals surface area contributed by atoms with Gasteiger partial charge in [-0.3, -0.25) is 0 Å². The third-order valence-electron chi connectivity index (χ3n) is 2.40. The number of hydrogen-bond acceptors (Lipinski definition) is 5. The van der Waals surface area contributed by atoms with Crippen molar-refractivity contribution in [3.8, 4) is 0 Å². The number of ether oxygens (including phenoxy) is 1. The van der Waals surface area contributed by atoms with Crippen LogP contribution in [0.5, 0.6) is 0 Å². The molecule has 14 heavy (non-hydrogen) atoms. The minimum absolute atomic E-state index is 0.295. The summed E-state index contributed by atoms with van der Waals surface area (Å²) in [5.74, 6) is 1.29. The zero-order valence-corrected chi connectivity index (χ0v) is 8.14. The van der Waals surface area contributed by atoms with E-state index < -0.39 is 6.10 Å². The van der Waals surface area contributed by atoms with Gasteiger partial charge in [0.25, 0.3) is 0 Å². The van der Waals surface area contributed by atoms with Gasteiger partial charge in [0.15, 0.2) is 5.82 Å². The Morgan fingerprint density at radius 3 is 2.71 bits per heavy atom. The molecule has 1 unspecified atom stereocenters. The van der Waals surface area contributed by atoms with Crippen LogP contribution in [0, 0.1) is 0 Å². The number of aromatic nitrogens is 2. The van der Waals surface area contributed by atoms with Gasteiger partial charge in [-0.2, -0.15) is 4.98 Å². The molecule has 0 spiro atoms. The molecule has 0 saturated carbocycles. The average molecular weight is 198 g/mol. The molecule has 1 aliphatic rings. The lowest BCUT2D eigenvalue weighted by molar-refractivity contribution is 0.0778. The highest BCUT2D eigenvalue weighted by molar-refractivity contribution is 4.96. The molecule has 1 aromatic rings. The summed E-state index contributed by atoms with van der Waals surface area (Å²) in [4.78, 5) is 4.15. The smallest absolute Gasteiger partial charge is 0.230 e. The zero-order valence-electron chi connectivity index (χ0n) is 8.14. The Morgan fingerprint density at radius 1 is 1.43 bits per heavy atom. The van der Waals surface area contributed by atoms with Crippen molar-refractivity contribution in [1.82, 2.24) is 10.1 Å². The highest BCUT2D eigenvalue weighted by atomic mass is 16.5. The van der Waals surface area contributed by atoms with Gasteiger partial charge in [-0.25, -0.2) is 0 Å². The predicted molar refractivity (Wildman–Crippen MR) is 47.7 cm³/mol. The predicted octanol–water partition coefficient (Wildman–Crippen LogP) is 1.02. The second kappa shape index (κ2) is 4.06. The monoisotopic (exact) mass is 198 g/mol. The van der Waals surface area contributed by atoms with E-state index in [1.165, 1.54) is 0 Å². The van der Waals surface area contributed by atoms with Crippen LogP contribution in [-0.4, -0.2) is 28.5 Å². The molecule has 0 bridgehead atoms. The summed E-state index contributed by atoms with van der Waals surface area (Å²) in [6.07, 6.45) is 1.18. The van der Waals surface area contributed by atoms with Crippen LogP contribution in [0.4, 0.5) is 0 Å². The molecule has 2 rings (SSSR count). The minimum atomic E-state index is -0.660. The van der Waals surface area contributed by atoms with Crippen molar-refractivity contribution < 1.29 is 14.4 Å². The molecule has 1 saturated heterocycles. The largest absolute Gasteiger partial charge is 0.385 e. The molecule has 0 aliphatic carbocycles. The maximum absolute atomic E-state index is 9.23. The van der Waals surface area contributed by atoms with Crippen molar-refractivity contribution in [2.75, 3.05) is 13.2 Å². The lowest BCUT2D eigenvalue weighted by Crippen LogP contribution is -2.14. The van der Waals surface area contributed by atoms with Gasteiger partial charge >= 0.3 is 0 Å². The molecule has 1 aliphatic heterocycles. The zero-order chi connectivity index (χ0) is 9.97. The number of aliphatic hydroxyl groups excluding tert-OH is 1. The van der Waals surface area contributed by atoms with Crippen LogP contribution in [0.2, 0.25) is 0 Å². The van der Waals surface area contributed by atoms with E-state index in [-0.39, 0.29) is 0 Å². The van der Waals surface area contributed by atoms with Crippen molar-refractivity contribution in [1.29, 1.82) is 0 Å². The van der Waals surface area contributed by atoms with Crippen LogP contribution < -0.4 is 0 Å². The molecule has 1 aromatic heterocycles. The van der Waals surface area contributed by atoms with Crippen molar-refractivity contribution in [3.63, 3.8) is 0 Å². The molecule has 2 heterocycles. The second-order valence-electron chi connectivity index (χ2n) is 3.55. The first kappa shape index (κ1) is 9.61. The van der Waals surface area contributed by atoms with Crippen LogP contribution >= 0.6 is 0 Å². The third-order valence-corrected chi connectivity index (χ3v) is 2.40. The number of rotatable bonds is 2. The van der Waals surface area contributed by atoms with Crippen LogP contribution in [-0.2, 0) is 4.74 Å². The van der Waals surface area contributed by atoms with Crippen molar-refractivity contribution in [3.05, 3.63) is 11.7 Å². The Morgan fingerprint density at radius 2 is 2.14 bits per heavy atom.